The molecule has 0 spiro atoms. The van der Waals surface area contributed by atoms with Crippen LogP contribution in [0.4, 0.5) is 8.78 Å². The molecule has 5 nitrogen and oxygen atoms in total. The minimum Gasteiger partial charge on any atom is -0.508 e. The van der Waals surface area contributed by atoms with Gasteiger partial charge in [0.25, 0.3) is 0 Å². The number of carbonyl (C=O) groups is 1. The second-order valence-electron chi connectivity index (χ2n) is 13.0. The van der Waals surface area contributed by atoms with E-state index in [-0.39, 0.29) is 11.7 Å². The molecule has 276 valence electrons. The van der Waals surface area contributed by atoms with Gasteiger partial charge in [0, 0.05) is 43.1 Å². The Morgan fingerprint density at radius 3 is 2.14 bits per heavy atom. The van der Waals surface area contributed by atoms with Crippen LogP contribution in [0.5, 0.6) is 0 Å². The number of allylic oxidation sites excluding steroid dienone is 4. The summed E-state index contributed by atoms with van der Waals surface area (Å²) in [5.74, 6) is 2.46. The van der Waals surface area contributed by atoms with E-state index >= 15 is 0 Å². The van der Waals surface area contributed by atoms with Crippen LogP contribution in [0.25, 0.3) is 16.8 Å². The summed E-state index contributed by atoms with van der Waals surface area (Å²) in [6.07, 6.45) is 10.4. The predicted molar refractivity (Wildman–Crippen MR) is 212 cm³/mol. The summed E-state index contributed by atoms with van der Waals surface area (Å²) in [4.78, 5) is 15.7. The topological polar surface area (TPSA) is 58.4 Å². The van der Waals surface area contributed by atoms with Gasteiger partial charge in [-0.1, -0.05) is 114 Å². The zero-order valence-electron chi connectivity index (χ0n) is 32.0. The number of alkyl halides is 2. The SMILES string of the molecule is C=C(O)c1cccc(CN2CCC(n3c(C(C)C)nc4ccc(C(C5=CCC(C)C=C5)c5ccc(C)cc5)cc43)CC2)c1.C=O.CC.CF.CF. The number of aliphatic hydroxyl groups excluding tert-OH is 1. The van der Waals surface area contributed by atoms with Crippen molar-refractivity contribution >= 4 is 23.6 Å². The molecule has 2 unspecified atom stereocenters. The lowest BCUT2D eigenvalue weighted by atomic mass is 9.81. The van der Waals surface area contributed by atoms with Crippen molar-refractivity contribution in [1.82, 2.24) is 14.5 Å². The van der Waals surface area contributed by atoms with Gasteiger partial charge in [0.15, 0.2) is 0 Å². The summed E-state index contributed by atoms with van der Waals surface area (Å²) in [6, 6.07) is 24.6. The lowest BCUT2D eigenvalue weighted by Crippen LogP contribution is -2.34. The molecular formula is C44H59F2N3O2. The lowest BCUT2D eigenvalue weighted by Gasteiger charge is -2.34. The molecule has 2 aliphatic rings. The summed E-state index contributed by atoms with van der Waals surface area (Å²) in [6.45, 7) is 21.6. The third kappa shape index (κ3) is 11.1. The molecule has 2 atom stereocenters. The van der Waals surface area contributed by atoms with Crippen molar-refractivity contribution < 1.29 is 18.7 Å². The number of fused-ring (bicyclic) bond motifs is 1. The number of nitrogens with zero attached hydrogens (tertiary/aromatic N) is 3. The van der Waals surface area contributed by atoms with Gasteiger partial charge in [-0.25, -0.2) is 4.98 Å². The number of aromatic nitrogens is 2. The molecule has 4 aromatic rings. The summed E-state index contributed by atoms with van der Waals surface area (Å²) in [5.41, 5.74) is 9.73. The zero-order valence-corrected chi connectivity index (χ0v) is 32.0. The molecule has 0 radical (unpaired) electrons. The predicted octanol–water partition coefficient (Wildman–Crippen LogP) is 11.5. The molecular weight excluding hydrogens is 640 g/mol. The summed E-state index contributed by atoms with van der Waals surface area (Å²) >= 11 is 0. The van der Waals surface area contributed by atoms with Gasteiger partial charge in [0.1, 0.15) is 18.4 Å². The van der Waals surface area contributed by atoms with E-state index in [2.05, 4.69) is 117 Å². The Morgan fingerprint density at radius 2 is 1.57 bits per heavy atom. The molecule has 2 heterocycles. The van der Waals surface area contributed by atoms with Gasteiger partial charge in [-0.3, -0.25) is 13.7 Å². The Morgan fingerprint density at radius 1 is 0.941 bits per heavy atom. The highest BCUT2D eigenvalue weighted by molar-refractivity contribution is 5.78. The molecule has 7 heteroatoms. The Balaban J connectivity index is 0.00000105. The van der Waals surface area contributed by atoms with Gasteiger partial charge in [-0.05, 0) is 72.6 Å². The first kappa shape index (κ1) is 42.8. The summed E-state index contributed by atoms with van der Waals surface area (Å²) in [7, 11) is 1.00. The first-order valence-electron chi connectivity index (χ1n) is 18.0. The number of benzene rings is 3. The quantitative estimate of drug-likeness (QED) is 0.186. The van der Waals surface area contributed by atoms with Gasteiger partial charge in [-0.2, -0.15) is 0 Å². The van der Waals surface area contributed by atoms with Gasteiger partial charge in [-0.15, -0.1) is 0 Å². The largest absolute Gasteiger partial charge is 0.508 e. The molecule has 1 fully saturated rings. The van der Waals surface area contributed by atoms with Crippen LogP contribution in [0, 0.1) is 12.8 Å². The van der Waals surface area contributed by atoms with E-state index in [0.29, 0.717) is 32.2 Å². The molecule has 1 aliphatic carbocycles. The number of hydrogen-bond donors (Lipinski definition) is 1. The first-order valence-corrected chi connectivity index (χ1v) is 18.0. The maximum atomic E-state index is 9.84. The molecule has 1 aromatic heterocycles. The Bertz CT molecular complexity index is 1700. The number of carbonyl (C=O) groups excluding carboxylic acids is 1. The molecule has 51 heavy (non-hydrogen) atoms. The van der Waals surface area contributed by atoms with Gasteiger partial charge in [0.05, 0.1) is 25.4 Å². The Hall–Kier alpha value is -4.36. The fourth-order valence-corrected chi connectivity index (χ4v) is 6.84. The number of imidazole rings is 1. The molecule has 0 amide bonds. The van der Waals surface area contributed by atoms with E-state index in [0.717, 1.165) is 50.0 Å². The molecule has 3 aromatic carbocycles. The zero-order chi connectivity index (χ0) is 38.1. The summed E-state index contributed by atoms with van der Waals surface area (Å²) < 4.78 is 21.6. The van der Waals surface area contributed by atoms with E-state index in [1.54, 1.807) is 0 Å². The van der Waals surface area contributed by atoms with Crippen molar-refractivity contribution in [1.29, 1.82) is 0 Å². The number of aryl methyl sites for hydroxylation is 1. The van der Waals surface area contributed by atoms with E-state index in [1.165, 1.54) is 39.2 Å². The number of halogens is 2. The van der Waals surface area contributed by atoms with E-state index < -0.39 is 0 Å². The van der Waals surface area contributed by atoms with E-state index in [1.807, 2.05) is 32.8 Å². The van der Waals surface area contributed by atoms with Crippen molar-refractivity contribution in [3.63, 3.8) is 0 Å². The molecule has 6 rings (SSSR count). The Labute approximate surface area is 305 Å². The van der Waals surface area contributed by atoms with E-state index in [4.69, 9.17) is 9.78 Å². The smallest absolute Gasteiger partial charge is 0.115 e. The first-order chi connectivity index (χ1) is 24.8. The van der Waals surface area contributed by atoms with Gasteiger partial charge >= 0.3 is 0 Å². The second kappa shape index (κ2) is 21.8. The highest BCUT2D eigenvalue weighted by atomic mass is 19.1. The number of rotatable bonds is 8. The highest BCUT2D eigenvalue weighted by Gasteiger charge is 2.27. The van der Waals surface area contributed by atoms with Crippen LogP contribution >= 0.6 is 0 Å². The van der Waals surface area contributed by atoms with Crippen LogP contribution in [-0.4, -0.2) is 53.8 Å². The van der Waals surface area contributed by atoms with Crippen LogP contribution in [0.15, 0.2) is 97.1 Å². The van der Waals surface area contributed by atoms with Gasteiger partial charge < -0.3 is 14.5 Å². The fraction of sp³-hybridized carbons (Fsp3) is 0.409. The third-order valence-electron chi connectivity index (χ3n) is 9.27. The highest BCUT2D eigenvalue weighted by Crippen LogP contribution is 2.39. The number of aliphatic hydroxyl groups is 1. The second-order valence-corrected chi connectivity index (χ2v) is 13.0. The molecule has 0 saturated carbocycles. The van der Waals surface area contributed by atoms with Crippen LogP contribution in [0.3, 0.4) is 0 Å². The number of piperidine rings is 1. The normalized spacial score (nSPS) is 16.2. The van der Waals surface area contributed by atoms with Crippen LogP contribution in [-0.2, 0) is 11.3 Å². The van der Waals surface area contributed by atoms with Crippen molar-refractivity contribution in [3.8, 4) is 0 Å². The average Bonchev–Trinajstić information content (AvgIpc) is 3.56. The minimum absolute atomic E-state index is 0.128. The average molecular weight is 700 g/mol. The van der Waals surface area contributed by atoms with Crippen LogP contribution < -0.4 is 0 Å². The minimum atomic E-state index is 0.128. The molecule has 1 saturated heterocycles. The number of likely N-dealkylation sites (tertiary alicyclic amines) is 1. The lowest BCUT2D eigenvalue weighted by molar-refractivity contribution is -0.0980. The Kier molecular flexibility index (Phi) is 18.3. The maximum absolute atomic E-state index is 9.84. The number of hydrogen-bond acceptors (Lipinski definition) is 4. The van der Waals surface area contributed by atoms with Crippen molar-refractivity contribution in [2.75, 3.05) is 27.4 Å². The third-order valence-corrected chi connectivity index (χ3v) is 9.27. The van der Waals surface area contributed by atoms with Crippen molar-refractivity contribution in [3.05, 3.63) is 131 Å². The standard InChI is InChI=1S/C39H45N3O.C2H6.2CH3F.CH2O/c1-26(2)39-40-36-18-17-34(38(31-13-9-27(3)10-14-31)32-15-11-28(4)12-16-32)24-37(36)42(39)35-19-21-41(22-20-35)25-30-7-6-8-33(23-30)29(5)43;4*1-2/h6-11,13-18,23-24,26,28,35,38,43H,5,12,19-22,25H2,1-4H3;1-2H3;2*1H3;1H2. The molecule has 1 N–H and O–H groups in total. The monoisotopic (exact) mass is 699 g/mol. The van der Waals surface area contributed by atoms with Crippen LogP contribution in [0.1, 0.15) is 105 Å². The van der Waals surface area contributed by atoms with Crippen LogP contribution in [0.2, 0.25) is 0 Å². The fourth-order valence-electron chi connectivity index (χ4n) is 6.84. The van der Waals surface area contributed by atoms with E-state index in [9.17, 15) is 13.9 Å². The van der Waals surface area contributed by atoms with Gasteiger partial charge in [0.2, 0.25) is 0 Å². The molecule has 0 bridgehead atoms. The summed E-state index contributed by atoms with van der Waals surface area (Å²) in [5, 5.41) is 9.84. The molecule has 1 aliphatic heterocycles. The van der Waals surface area contributed by atoms with Crippen molar-refractivity contribution in [2.45, 2.75) is 85.2 Å². The maximum Gasteiger partial charge on any atom is 0.115 e. The van der Waals surface area contributed by atoms with Crippen molar-refractivity contribution in [2.24, 2.45) is 5.92 Å².